The van der Waals surface area contributed by atoms with Crippen LogP contribution in [0.3, 0.4) is 0 Å². The summed E-state index contributed by atoms with van der Waals surface area (Å²) in [5, 5.41) is 2.53. The maximum atomic E-state index is 11.3. The number of benzene rings is 1. The number of likely N-dealkylation sites (N-methyl/N-ethyl adjacent to an activating group) is 1. The summed E-state index contributed by atoms with van der Waals surface area (Å²) in [7, 11) is 1.56. The number of rotatable bonds is 4. The molecule has 1 rings (SSSR count). The van der Waals surface area contributed by atoms with Gasteiger partial charge in [-0.3, -0.25) is 4.79 Å². The molecule has 17 heavy (non-hydrogen) atoms. The Hall–Kier alpha value is -2.10. The molecular weight excluding hydrogens is 218 g/mol. The predicted molar refractivity (Wildman–Crippen MR) is 64.8 cm³/mol. The number of hydrogen-bond donors (Lipinski definition) is 1. The van der Waals surface area contributed by atoms with E-state index in [2.05, 4.69) is 11.9 Å². The molecule has 90 valence electrons. The Kier molecular flexibility index (Phi) is 4.46. The molecule has 0 bridgehead atoms. The molecule has 0 fully saturated rings. The predicted octanol–water partition coefficient (Wildman–Crippen LogP) is 1.37. The molecule has 0 aliphatic heterocycles. The second kappa shape index (κ2) is 5.84. The molecule has 4 nitrogen and oxygen atoms in total. The van der Waals surface area contributed by atoms with Gasteiger partial charge in [0, 0.05) is 18.7 Å². The molecule has 0 aromatic heterocycles. The first-order valence-corrected chi connectivity index (χ1v) is 5.21. The number of hydrogen-bond acceptors (Lipinski definition) is 3. The zero-order valence-electron chi connectivity index (χ0n) is 9.95. The summed E-state index contributed by atoms with van der Waals surface area (Å²) < 4.78 is 5.06. The molecule has 0 saturated carbocycles. The van der Waals surface area contributed by atoms with Crippen molar-refractivity contribution in [2.24, 2.45) is 0 Å². The van der Waals surface area contributed by atoms with Crippen LogP contribution in [0.2, 0.25) is 0 Å². The van der Waals surface area contributed by atoms with Gasteiger partial charge in [0.15, 0.2) is 0 Å². The minimum absolute atomic E-state index is 0.133. The van der Waals surface area contributed by atoms with Gasteiger partial charge in [-0.2, -0.15) is 0 Å². The van der Waals surface area contributed by atoms with E-state index in [0.717, 1.165) is 11.6 Å². The third-order valence-electron chi connectivity index (χ3n) is 2.22. The maximum Gasteiger partial charge on any atom is 0.335 e. The van der Waals surface area contributed by atoms with Crippen LogP contribution in [0.15, 0.2) is 30.9 Å². The van der Waals surface area contributed by atoms with Crippen molar-refractivity contribution in [3.8, 4) is 5.75 Å². The van der Waals surface area contributed by atoms with Gasteiger partial charge in [-0.05, 0) is 13.0 Å². The lowest BCUT2D eigenvalue weighted by molar-refractivity contribution is -0.129. The SMILES string of the molecule is C=CC(=O)Oc1ccc(C)cc1CC(=O)NC. The Morgan fingerprint density at radius 1 is 1.47 bits per heavy atom. The normalized spacial score (nSPS) is 9.53. The van der Waals surface area contributed by atoms with Crippen molar-refractivity contribution in [3.63, 3.8) is 0 Å². The number of aryl methyl sites for hydroxylation is 1. The molecule has 0 spiro atoms. The molecule has 1 aromatic rings. The van der Waals surface area contributed by atoms with Gasteiger partial charge in [0.25, 0.3) is 0 Å². The number of amides is 1. The molecule has 0 heterocycles. The smallest absolute Gasteiger partial charge is 0.335 e. The number of ether oxygens (including phenoxy) is 1. The second-order valence-corrected chi connectivity index (χ2v) is 3.59. The van der Waals surface area contributed by atoms with Crippen LogP contribution in [-0.4, -0.2) is 18.9 Å². The van der Waals surface area contributed by atoms with Crippen molar-refractivity contribution >= 4 is 11.9 Å². The van der Waals surface area contributed by atoms with Crippen molar-refractivity contribution in [2.45, 2.75) is 13.3 Å². The third-order valence-corrected chi connectivity index (χ3v) is 2.22. The van der Waals surface area contributed by atoms with E-state index < -0.39 is 5.97 Å². The topological polar surface area (TPSA) is 55.4 Å². The minimum atomic E-state index is -0.535. The summed E-state index contributed by atoms with van der Waals surface area (Å²) in [5.74, 6) is -0.275. The maximum absolute atomic E-state index is 11.3. The van der Waals surface area contributed by atoms with Crippen molar-refractivity contribution < 1.29 is 14.3 Å². The fourth-order valence-electron chi connectivity index (χ4n) is 1.36. The van der Waals surface area contributed by atoms with Crippen LogP contribution in [0.25, 0.3) is 0 Å². The van der Waals surface area contributed by atoms with Crippen LogP contribution in [0, 0.1) is 6.92 Å². The molecule has 0 atom stereocenters. The Morgan fingerprint density at radius 3 is 2.76 bits per heavy atom. The first kappa shape index (κ1) is 13.0. The monoisotopic (exact) mass is 233 g/mol. The summed E-state index contributed by atoms with van der Waals surface area (Å²) in [4.78, 5) is 22.5. The average Bonchev–Trinajstić information content (AvgIpc) is 2.32. The molecule has 0 aliphatic rings. The highest BCUT2D eigenvalue weighted by molar-refractivity contribution is 5.84. The van der Waals surface area contributed by atoms with Crippen LogP contribution in [0.1, 0.15) is 11.1 Å². The highest BCUT2D eigenvalue weighted by Gasteiger charge is 2.10. The van der Waals surface area contributed by atoms with Crippen molar-refractivity contribution in [1.82, 2.24) is 5.32 Å². The highest BCUT2D eigenvalue weighted by Crippen LogP contribution is 2.21. The van der Waals surface area contributed by atoms with Crippen LogP contribution in [0.5, 0.6) is 5.75 Å². The summed E-state index contributed by atoms with van der Waals surface area (Å²) in [5.41, 5.74) is 1.68. The summed E-state index contributed by atoms with van der Waals surface area (Å²) >= 11 is 0. The lowest BCUT2D eigenvalue weighted by Crippen LogP contribution is -2.20. The van der Waals surface area contributed by atoms with E-state index in [0.29, 0.717) is 11.3 Å². The van der Waals surface area contributed by atoms with Crippen LogP contribution in [-0.2, 0) is 16.0 Å². The summed E-state index contributed by atoms with van der Waals surface area (Å²) in [6.07, 6.45) is 1.27. The first-order chi connectivity index (χ1) is 8.06. The Bertz CT molecular complexity index is 452. The number of carbonyl (C=O) groups excluding carboxylic acids is 2. The van der Waals surface area contributed by atoms with Gasteiger partial charge in [0.1, 0.15) is 5.75 Å². The molecule has 4 heteroatoms. The quantitative estimate of drug-likeness (QED) is 0.485. The molecule has 1 amide bonds. The van der Waals surface area contributed by atoms with Gasteiger partial charge in [0.05, 0.1) is 6.42 Å². The van der Waals surface area contributed by atoms with Crippen molar-refractivity contribution in [2.75, 3.05) is 7.05 Å². The zero-order valence-corrected chi connectivity index (χ0v) is 9.95. The molecular formula is C13H15NO3. The van der Waals surface area contributed by atoms with Crippen molar-refractivity contribution in [1.29, 1.82) is 0 Å². The average molecular weight is 233 g/mol. The fraction of sp³-hybridized carbons (Fsp3) is 0.231. The van der Waals surface area contributed by atoms with E-state index in [1.807, 2.05) is 19.1 Å². The van der Waals surface area contributed by atoms with Crippen LogP contribution < -0.4 is 10.1 Å². The highest BCUT2D eigenvalue weighted by atomic mass is 16.5. The third kappa shape index (κ3) is 3.75. The largest absolute Gasteiger partial charge is 0.423 e. The molecule has 0 radical (unpaired) electrons. The first-order valence-electron chi connectivity index (χ1n) is 5.21. The Balaban J connectivity index is 2.98. The molecule has 1 aromatic carbocycles. The molecule has 0 saturated heterocycles. The van der Waals surface area contributed by atoms with E-state index in [1.54, 1.807) is 13.1 Å². The lowest BCUT2D eigenvalue weighted by Gasteiger charge is -2.09. The van der Waals surface area contributed by atoms with Gasteiger partial charge in [-0.25, -0.2) is 4.79 Å². The Labute approximate surface area is 100 Å². The van der Waals surface area contributed by atoms with E-state index in [1.165, 1.54) is 0 Å². The second-order valence-electron chi connectivity index (χ2n) is 3.59. The van der Waals surface area contributed by atoms with Gasteiger partial charge in [-0.15, -0.1) is 0 Å². The number of carbonyl (C=O) groups is 2. The minimum Gasteiger partial charge on any atom is -0.423 e. The van der Waals surface area contributed by atoms with Gasteiger partial charge < -0.3 is 10.1 Å². The van der Waals surface area contributed by atoms with Gasteiger partial charge in [-0.1, -0.05) is 24.3 Å². The van der Waals surface area contributed by atoms with Gasteiger partial charge >= 0.3 is 5.97 Å². The molecule has 0 unspecified atom stereocenters. The molecule has 1 N–H and O–H groups in total. The van der Waals surface area contributed by atoms with Crippen molar-refractivity contribution in [3.05, 3.63) is 42.0 Å². The van der Waals surface area contributed by atoms with Crippen LogP contribution in [0.4, 0.5) is 0 Å². The molecule has 0 aliphatic carbocycles. The Morgan fingerprint density at radius 2 is 2.18 bits per heavy atom. The van der Waals surface area contributed by atoms with Gasteiger partial charge in [0.2, 0.25) is 5.91 Å². The zero-order chi connectivity index (χ0) is 12.8. The van der Waals surface area contributed by atoms with E-state index in [9.17, 15) is 9.59 Å². The van der Waals surface area contributed by atoms with E-state index >= 15 is 0 Å². The number of nitrogens with one attached hydrogen (secondary N) is 1. The van der Waals surface area contributed by atoms with E-state index in [4.69, 9.17) is 4.74 Å². The van der Waals surface area contributed by atoms with E-state index in [-0.39, 0.29) is 12.3 Å². The lowest BCUT2D eigenvalue weighted by atomic mass is 10.1. The standard InChI is InChI=1S/C13H15NO3/c1-4-13(16)17-11-6-5-9(2)7-10(11)8-12(15)14-3/h4-7H,1,8H2,2-3H3,(H,14,15). The van der Waals surface area contributed by atoms with Crippen LogP contribution >= 0.6 is 0 Å². The fourth-order valence-corrected chi connectivity index (χ4v) is 1.36. The number of esters is 1. The summed E-state index contributed by atoms with van der Waals surface area (Å²) in [6.45, 7) is 5.24. The summed E-state index contributed by atoms with van der Waals surface area (Å²) in [6, 6.07) is 5.31.